The molecule has 1 atom stereocenters. The van der Waals surface area contributed by atoms with Gasteiger partial charge in [0, 0.05) is 19.2 Å². The molecule has 0 aliphatic heterocycles. The zero-order valence-corrected chi connectivity index (χ0v) is 14.9. The molecule has 0 unspecified atom stereocenters. The van der Waals surface area contributed by atoms with Crippen LogP contribution in [0, 0.1) is 0 Å². The molecule has 2 aromatic rings. The smallest absolute Gasteiger partial charge is 0.347 e. The lowest BCUT2D eigenvalue weighted by Crippen LogP contribution is -2.27. The molecule has 0 aromatic heterocycles. The lowest BCUT2D eigenvalue weighted by atomic mass is 10.2. The van der Waals surface area contributed by atoms with E-state index in [-0.39, 0.29) is 12.5 Å². The first-order valence-corrected chi connectivity index (χ1v) is 8.34. The number of carbonyl (C=O) groups excluding carboxylic acids is 2. The zero-order valence-electron chi connectivity index (χ0n) is 14.9. The highest BCUT2D eigenvalue weighted by molar-refractivity contribution is 5.94. The molecule has 138 valence electrons. The van der Waals surface area contributed by atoms with Gasteiger partial charge in [0.05, 0.1) is 6.61 Å². The first-order valence-electron chi connectivity index (χ1n) is 8.34. The summed E-state index contributed by atoms with van der Waals surface area (Å²) in [6, 6.07) is 16.3. The predicted octanol–water partition coefficient (Wildman–Crippen LogP) is 2.57. The second-order valence-electron chi connectivity index (χ2n) is 5.61. The third-order valence-electron chi connectivity index (χ3n) is 3.59. The van der Waals surface area contributed by atoms with Crippen LogP contribution in [-0.2, 0) is 20.8 Å². The van der Waals surface area contributed by atoms with E-state index in [1.54, 1.807) is 31.2 Å². The molecule has 0 aliphatic carbocycles. The number of ether oxygens (including phenoxy) is 3. The van der Waals surface area contributed by atoms with E-state index in [1.807, 2.05) is 30.3 Å². The van der Waals surface area contributed by atoms with Crippen molar-refractivity contribution in [3.63, 3.8) is 0 Å². The van der Waals surface area contributed by atoms with Crippen LogP contribution >= 0.6 is 0 Å². The fourth-order valence-corrected chi connectivity index (χ4v) is 2.16. The molecule has 1 amide bonds. The lowest BCUT2D eigenvalue weighted by Gasteiger charge is -2.14. The first-order chi connectivity index (χ1) is 12.6. The molecule has 0 fully saturated rings. The number of hydrogen-bond acceptors (Lipinski definition) is 5. The van der Waals surface area contributed by atoms with Gasteiger partial charge in [-0.05, 0) is 36.8 Å². The Hall–Kier alpha value is -2.86. The third-order valence-corrected chi connectivity index (χ3v) is 3.59. The summed E-state index contributed by atoms with van der Waals surface area (Å²) in [5.41, 5.74) is 1.55. The summed E-state index contributed by atoms with van der Waals surface area (Å²) in [7, 11) is 1.53. The van der Waals surface area contributed by atoms with E-state index < -0.39 is 12.1 Å². The third kappa shape index (κ3) is 6.22. The number of rotatable bonds is 9. The van der Waals surface area contributed by atoms with Crippen LogP contribution in [0.3, 0.4) is 0 Å². The van der Waals surface area contributed by atoms with Crippen LogP contribution in [0.2, 0.25) is 0 Å². The number of carbonyl (C=O) groups is 2. The van der Waals surface area contributed by atoms with Gasteiger partial charge in [-0.15, -0.1) is 0 Å². The Balaban J connectivity index is 1.83. The van der Waals surface area contributed by atoms with Crippen LogP contribution < -0.4 is 10.1 Å². The van der Waals surface area contributed by atoms with E-state index in [4.69, 9.17) is 14.2 Å². The highest BCUT2D eigenvalue weighted by Gasteiger charge is 2.16. The van der Waals surface area contributed by atoms with E-state index in [0.717, 1.165) is 5.56 Å². The van der Waals surface area contributed by atoms with Crippen LogP contribution in [0.15, 0.2) is 54.6 Å². The van der Waals surface area contributed by atoms with Crippen molar-refractivity contribution in [2.75, 3.05) is 20.3 Å². The van der Waals surface area contributed by atoms with Crippen molar-refractivity contribution in [3.8, 4) is 5.75 Å². The van der Waals surface area contributed by atoms with E-state index in [0.29, 0.717) is 24.5 Å². The maximum absolute atomic E-state index is 12.2. The molecule has 26 heavy (non-hydrogen) atoms. The molecule has 2 rings (SSSR count). The minimum Gasteiger partial charge on any atom is -0.479 e. The first kappa shape index (κ1) is 19.5. The molecule has 2 aromatic carbocycles. The minimum absolute atomic E-state index is 0.174. The number of nitrogens with one attached hydrogen (secondary N) is 1. The summed E-state index contributed by atoms with van der Waals surface area (Å²) < 4.78 is 15.3. The Labute approximate surface area is 153 Å². The molecule has 0 aliphatic rings. The van der Waals surface area contributed by atoms with Crippen molar-refractivity contribution in [2.45, 2.75) is 19.6 Å². The zero-order chi connectivity index (χ0) is 18.8. The monoisotopic (exact) mass is 357 g/mol. The molecule has 0 saturated carbocycles. The Morgan fingerprint density at radius 3 is 2.35 bits per heavy atom. The Morgan fingerprint density at radius 2 is 1.69 bits per heavy atom. The number of methoxy groups -OCH3 is 1. The van der Waals surface area contributed by atoms with Crippen molar-refractivity contribution < 1.29 is 23.8 Å². The molecule has 0 radical (unpaired) electrons. The van der Waals surface area contributed by atoms with Crippen LogP contribution in [0.5, 0.6) is 5.75 Å². The second-order valence-corrected chi connectivity index (χ2v) is 5.61. The van der Waals surface area contributed by atoms with Gasteiger partial charge in [0.15, 0.2) is 6.10 Å². The largest absolute Gasteiger partial charge is 0.479 e. The summed E-state index contributed by atoms with van der Waals surface area (Å²) in [5, 5.41) is 2.86. The van der Waals surface area contributed by atoms with Crippen molar-refractivity contribution in [1.29, 1.82) is 0 Å². The molecule has 0 saturated heterocycles. The van der Waals surface area contributed by atoms with Crippen molar-refractivity contribution in [2.24, 2.45) is 0 Å². The standard InChI is InChI=1S/C20H23NO5/c1-15(20(23)25-13-12-24-2)26-18-10-8-17(9-11-18)19(22)21-14-16-6-4-3-5-7-16/h3-11,15H,12-14H2,1-2H3,(H,21,22)/t15-/m1/s1. The van der Waals surface area contributed by atoms with Gasteiger partial charge in [-0.25, -0.2) is 4.79 Å². The second kappa shape index (κ2) is 10.2. The maximum Gasteiger partial charge on any atom is 0.347 e. The number of benzene rings is 2. The highest BCUT2D eigenvalue weighted by Crippen LogP contribution is 2.14. The van der Waals surface area contributed by atoms with Gasteiger partial charge in [0.1, 0.15) is 12.4 Å². The lowest BCUT2D eigenvalue weighted by molar-refractivity contribution is -0.152. The summed E-state index contributed by atoms with van der Waals surface area (Å²) in [6.45, 7) is 2.59. The minimum atomic E-state index is -0.746. The van der Waals surface area contributed by atoms with Gasteiger partial charge in [-0.3, -0.25) is 4.79 Å². The van der Waals surface area contributed by atoms with Crippen LogP contribution in [0.1, 0.15) is 22.8 Å². The van der Waals surface area contributed by atoms with Gasteiger partial charge >= 0.3 is 5.97 Å². The van der Waals surface area contributed by atoms with Crippen molar-refractivity contribution in [3.05, 3.63) is 65.7 Å². The van der Waals surface area contributed by atoms with Gasteiger partial charge in [0.2, 0.25) is 0 Å². The molecule has 0 bridgehead atoms. The normalized spacial score (nSPS) is 11.5. The molecule has 0 spiro atoms. The summed E-state index contributed by atoms with van der Waals surface area (Å²) in [5.74, 6) is -0.153. The van der Waals surface area contributed by atoms with Gasteiger partial charge in [0.25, 0.3) is 5.91 Å². The van der Waals surface area contributed by atoms with E-state index in [9.17, 15) is 9.59 Å². The number of amides is 1. The van der Waals surface area contributed by atoms with Gasteiger partial charge in [-0.2, -0.15) is 0 Å². The van der Waals surface area contributed by atoms with Gasteiger partial charge < -0.3 is 19.5 Å². The highest BCUT2D eigenvalue weighted by atomic mass is 16.6. The quantitative estimate of drug-likeness (QED) is 0.551. The molecule has 6 nitrogen and oxygen atoms in total. The van der Waals surface area contributed by atoms with E-state index in [2.05, 4.69) is 5.32 Å². The van der Waals surface area contributed by atoms with Crippen LogP contribution in [0.25, 0.3) is 0 Å². The Morgan fingerprint density at radius 1 is 1.00 bits per heavy atom. The van der Waals surface area contributed by atoms with E-state index in [1.165, 1.54) is 7.11 Å². The van der Waals surface area contributed by atoms with E-state index >= 15 is 0 Å². The fraction of sp³-hybridized carbons (Fsp3) is 0.300. The molecule has 6 heteroatoms. The SMILES string of the molecule is COCCOC(=O)[C@@H](C)Oc1ccc(C(=O)NCc2ccccc2)cc1. The summed E-state index contributed by atoms with van der Waals surface area (Å²) >= 11 is 0. The number of esters is 1. The summed E-state index contributed by atoms with van der Waals surface area (Å²) in [4.78, 5) is 23.9. The van der Waals surface area contributed by atoms with Crippen LogP contribution in [0.4, 0.5) is 0 Å². The summed E-state index contributed by atoms with van der Waals surface area (Å²) in [6.07, 6.45) is -0.746. The average Bonchev–Trinajstić information content (AvgIpc) is 2.67. The van der Waals surface area contributed by atoms with Crippen LogP contribution in [-0.4, -0.2) is 38.3 Å². The van der Waals surface area contributed by atoms with Crippen molar-refractivity contribution >= 4 is 11.9 Å². The Kier molecular flexibility index (Phi) is 7.64. The Bertz CT molecular complexity index is 700. The number of hydrogen-bond donors (Lipinski definition) is 1. The maximum atomic E-state index is 12.2. The molecule has 1 N–H and O–H groups in total. The average molecular weight is 357 g/mol. The molecular weight excluding hydrogens is 334 g/mol. The molecule has 0 heterocycles. The topological polar surface area (TPSA) is 73.9 Å². The molecular formula is C20H23NO5. The predicted molar refractivity (Wildman–Crippen MR) is 97.0 cm³/mol. The van der Waals surface area contributed by atoms with Gasteiger partial charge in [-0.1, -0.05) is 30.3 Å². The van der Waals surface area contributed by atoms with Crippen molar-refractivity contribution in [1.82, 2.24) is 5.32 Å². The fourth-order valence-electron chi connectivity index (χ4n) is 2.16.